The van der Waals surface area contributed by atoms with Crippen molar-refractivity contribution in [3.05, 3.63) is 107 Å². The third-order valence-corrected chi connectivity index (χ3v) is 4.83. The summed E-state index contributed by atoms with van der Waals surface area (Å²) in [6.07, 6.45) is 7.52. The first-order valence-corrected chi connectivity index (χ1v) is 9.49. The van der Waals surface area contributed by atoms with Crippen molar-refractivity contribution in [2.24, 2.45) is 0 Å². The van der Waals surface area contributed by atoms with Crippen LogP contribution >= 0.6 is 0 Å². The third kappa shape index (κ3) is 4.48. The van der Waals surface area contributed by atoms with Crippen molar-refractivity contribution in [2.75, 3.05) is 13.1 Å². The number of hydrogen-bond acceptors (Lipinski definition) is 2. The molecule has 0 amide bonds. The number of nitrogens with one attached hydrogen (secondary N) is 2. The molecular weight excluding hydrogens is 346 g/mol. The number of aromatic amines is 1. The van der Waals surface area contributed by atoms with Gasteiger partial charge in [0.1, 0.15) is 19.6 Å². The molecule has 1 atom stereocenters. The highest BCUT2D eigenvalue weighted by Crippen LogP contribution is 2.14. The van der Waals surface area contributed by atoms with Crippen LogP contribution in [0.1, 0.15) is 17.0 Å². The van der Waals surface area contributed by atoms with Crippen LogP contribution in [0.15, 0.2) is 90.3 Å². The summed E-state index contributed by atoms with van der Waals surface area (Å²) in [5.74, 6) is 0.111. The highest BCUT2D eigenvalue weighted by Gasteiger charge is 2.30. The number of pyridine rings is 2. The molecule has 4 heteroatoms. The summed E-state index contributed by atoms with van der Waals surface area (Å²) in [7, 11) is 0. The first kappa shape index (κ1) is 18.0. The predicted octanol–water partition coefficient (Wildman–Crippen LogP) is 2.03. The Hall–Kier alpha value is -3.37. The lowest BCUT2D eigenvalue weighted by Gasteiger charge is -2.26. The number of quaternary nitrogens is 1. The zero-order valence-corrected chi connectivity index (χ0v) is 15.6. The van der Waals surface area contributed by atoms with E-state index in [1.165, 1.54) is 10.5 Å². The molecule has 28 heavy (non-hydrogen) atoms. The highest BCUT2D eigenvalue weighted by molar-refractivity contribution is 6.13. The summed E-state index contributed by atoms with van der Waals surface area (Å²) in [6, 6.07) is 22.1. The van der Waals surface area contributed by atoms with Crippen LogP contribution in [0.3, 0.4) is 0 Å². The predicted molar refractivity (Wildman–Crippen MR) is 109 cm³/mol. The molecule has 138 valence electrons. The van der Waals surface area contributed by atoms with E-state index in [-0.39, 0.29) is 5.78 Å². The molecule has 0 aliphatic carbocycles. The number of benzene rings is 1. The highest BCUT2D eigenvalue weighted by atomic mass is 16.1. The first-order chi connectivity index (χ1) is 13.8. The fraction of sp³-hybridized carbons (Fsp3) is 0.125. The minimum absolute atomic E-state index is 0.111. The molecule has 0 bridgehead atoms. The van der Waals surface area contributed by atoms with Gasteiger partial charge >= 0.3 is 0 Å². The molecule has 3 aromatic rings. The smallest absolute Gasteiger partial charge is 0.204 e. The van der Waals surface area contributed by atoms with E-state index in [0.29, 0.717) is 13.1 Å². The number of aromatic nitrogens is 2. The van der Waals surface area contributed by atoms with Gasteiger partial charge in [0, 0.05) is 30.0 Å². The van der Waals surface area contributed by atoms with Crippen molar-refractivity contribution in [1.29, 1.82) is 0 Å². The van der Waals surface area contributed by atoms with Gasteiger partial charge < -0.3 is 4.90 Å². The number of nitrogens with zero attached hydrogens (tertiary/aromatic N) is 1. The largest absolute Gasteiger partial charge is 0.323 e. The van der Waals surface area contributed by atoms with Crippen LogP contribution in [-0.4, -0.2) is 23.9 Å². The van der Waals surface area contributed by atoms with Gasteiger partial charge in [-0.1, -0.05) is 36.4 Å². The summed E-state index contributed by atoms with van der Waals surface area (Å²) >= 11 is 0. The Morgan fingerprint density at radius 2 is 1.64 bits per heavy atom. The normalized spacial score (nSPS) is 19.9. The second-order valence-electron chi connectivity index (χ2n) is 7.01. The Kier molecular flexibility index (Phi) is 5.50. The van der Waals surface area contributed by atoms with E-state index < -0.39 is 0 Å². The van der Waals surface area contributed by atoms with Crippen LogP contribution in [0.4, 0.5) is 0 Å². The Balaban J connectivity index is 1.66. The van der Waals surface area contributed by atoms with Crippen LogP contribution in [0.5, 0.6) is 0 Å². The lowest BCUT2D eigenvalue weighted by atomic mass is 9.95. The van der Waals surface area contributed by atoms with Gasteiger partial charge in [0.15, 0.2) is 12.0 Å². The zero-order chi connectivity index (χ0) is 19.2. The van der Waals surface area contributed by atoms with Crippen LogP contribution < -0.4 is 9.88 Å². The van der Waals surface area contributed by atoms with Gasteiger partial charge in [-0.2, -0.15) is 0 Å². The molecule has 4 nitrogen and oxygen atoms in total. The first-order valence-electron chi connectivity index (χ1n) is 9.49. The maximum Gasteiger partial charge on any atom is 0.204 e. The van der Waals surface area contributed by atoms with Crippen LogP contribution in [0.2, 0.25) is 0 Å². The van der Waals surface area contributed by atoms with E-state index in [9.17, 15) is 4.79 Å². The second-order valence-corrected chi connectivity index (χ2v) is 7.01. The van der Waals surface area contributed by atoms with Crippen molar-refractivity contribution in [2.45, 2.75) is 6.54 Å². The third-order valence-electron chi connectivity index (χ3n) is 4.83. The minimum Gasteiger partial charge on any atom is -0.323 e. The van der Waals surface area contributed by atoms with Gasteiger partial charge in [-0.05, 0) is 24.3 Å². The molecular formula is C24H23N3O+2. The number of likely N-dealkylation sites (tertiary alicyclic amines) is 1. The fourth-order valence-corrected chi connectivity index (χ4v) is 3.54. The minimum atomic E-state index is 0.111. The van der Waals surface area contributed by atoms with E-state index >= 15 is 0 Å². The van der Waals surface area contributed by atoms with E-state index in [1.54, 1.807) is 6.20 Å². The van der Waals surface area contributed by atoms with Gasteiger partial charge in [0.2, 0.25) is 5.69 Å². The lowest BCUT2D eigenvalue weighted by Crippen LogP contribution is -3.12. The Morgan fingerprint density at radius 1 is 0.893 bits per heavy atom. The van der Waals surface area contributed by atoms with Crippen LogP contribution in [0.25, 0.3) is 12.2 Å². The van der Waals surface area contributed by atoms with Gasteiger partial charge in [-0.25, -0.2) is 4.98 Å². The number of carbonyl (C=O) groups excluding carboxylic acids is 1. The molecule has 1 aliphatic rings. The van der Waals surface area contributed by atoms with Crippen molar-refractivity contribution in [3.63, 3.8) is 0 Å². The van der Waals surface area contributed by atoms with Gasteiger partial charge in [-0.3, -0.25) is 9.78 Å². The van der Waals surface area contributed by atoms with E-state index in [0.717, 1.165) is 29.1 Å². The monoisotopic (exact) mass is 369 g/mol. The second kappa shape index (κ2) is 8.55. The molecule has 1 aromatic carbocycles. The molecule has 2 aromatic heterocycles. The molecule has 4 rings (SSSR count). The number of ketones is 1. The summed E-state index contributed by atoms with van der Waals surface area (Å²) < 4.78 is 0. The molecule has 0 saturated carbocycles. The number of carbonyl (C=O) groups is 1. The number of rotatable bonds is 4. The molecule has 1 aliphatic heterocycles. The fourth-order valence-electron chi connectivity index (χ4n) is 3.54. The van der Waals surface area contributed by atoms with Crippen molar-refractivity contribution in [1.82, 2.24) is 4.98 Å². The summed E-state index contributed by atoms with van der Waals surface area (Å²) in [5.41, 5.74) is 4.65. The SMILES string of the molecule is O=C1C(=Cc2ccccn2)C[NH+](Cc2ccccc2)CC1=Cc1cccc[nH+]1. The van der Waals surface area contributed by atoms with Crippen molar-refractivity contribution >= 4 is 17.9 Å². The standard InChI is InChI=1S/C24H21N3O/c28-24-20(14-22-10-4-6-12-25-22)17-27(16-19-8-2-1-3-9-19)18-21(24)15-23-11-5-7-13-26-23/h1-15H,16-18H2/p+2. The summed E-state index contributed by atoms with van der Waals surface area (Å²) in [6.45, 7) is 2.28. The van der Waals surface area contributed by atoms with Crippen LogP contribution in [-0.2, 0) is 11.3 Å². The van der Waals surface area contributed by atoms with Crippen molar-refractivity contribution in [3.8, 4) is 0 Å². The van der Waals surface area contributed by atoms with Crippen molar-refractivity contribution < 1.29 is 14.7 Å². The summed E-state index contributed by atoms with van der Waals surface area (Å²) in [4.78, 5) is 22.0. The van der Waals surface area contributed by atoms with Gasteiger partial charge in [0.05, 0.1) is 16.8 Å². The lowest BCUT2D eigenvalue weighted by molar-refractivity contribution is -0.904. The van der Waals surface area contributed by atoms with E-state index in [1.807, 2.05) is 60.8 Å². The van der Waals surface area contributed by atoms with Gasteiger partial charge in [-0.15, -0.1) is 0 Å². The number of Topliss-reactive ketones (excluding diaryl/α,β-unsaturated/α-hetero) is 1. The van der Waals surface area contributed by atoms with Gasteiger partial charge in [0.25, 0.3) is 0 Å². The number of H-pyrrole nitrogens is 1. The Labute approximate surface area is 164 Å². The van der Waals surface area contributed by atoms with E-state index in [4.69, 9.17) is 0 Å². The molecule has 1 saturated heterocycles. The summed E-state index contributed by atoms with van der Waals surface area (Å²) in [5, 5.41) is 0. The Bertz CT molecular complexity index is 934. The molecule has 1 fully saturated rings. The average molecular weight is 369 g/mol. The quantitative estimate of drug-likeness (QED) is 0.716. The molecule has 3 heterocycles. The number of hydrogen-bond donors (Lipinski definition) is 1. The van der Waals surface area contributed by atoms with E-state index in [2.05, 4.69) is 34.2 Å². The Morgan fingerprint density at radius 3 is 2.36 bits per heavy atom. The molecule has 1 unspecified atom stereocenters. The molecule has 0 radical (unpaired) electrons. The average Bonchev–Trinajstić information content (AvgIpc) is 2.74. The van der Waals surface area contributed by atoms with Crippen LogP contribution in [0, 0.1) is 0 Å². The maximum atomic E-state index is 13.1. The molecule has 2 N–H and O–H groups in total. The molecule has 0 spiro atoms. The number of piperidine rings is 1. The topological polar surface area (TPSA) is 48.5 Å². The zero-order valence-electron chi connectivity index (χ0n) is 15.6. The maximum absolute atomic E-state index is 13.1.